The van der Waals surface area contributed by atoms with Crippen LogP contribution < -0.4 is 9.64 Å². The number of aromatic nitrogens is 1. The van der Waals surface area contributed by atoms with Crippen LogP contribution in [0.15, 0.2) is 24.3 Å². The quantitative estimate of drug-likeness (QED) is 0.823. The summed E-state index contributed by atoms with van der Waals surface area (Å²) in [6.07, 6.45) is 2.58. The molecule has 0 bridgehead atoms. The molecule has 2 aromatic rings. The van der Waals surface area contributed by atoms with E-state index in [0.717, 1.165) is 36.7 Å². The van der Waals surface area contributed by atoms with Crippen molar-refractivity contribution >= 4 is 29.0 Å². The van der Waals surface area contributed by atoms with Gasteiger partial charge in [0, 0.05) is 35.9 Å². The lowest BCUT2D eigenvalue weighted by molar-refractivity contribution is 0.271. The molecule has 120 valence electrons. The Labute approximate surface area is 139 Å². The zero-order chi connectivity index (χ0) is 14.8. The third kappa shape index (κ3) is 3.64. The Hall–Kier alpha value is -1.48. The van der Waals surface area contributed by atoms with E-state index < -0.39 is 0 Å². The summed E-state index contributed by atoms with van der Waals surface area (Å²) in [6, 6.07) is 8.51. The number of pyridine rings is 1. The van der Waals surface area contributed by atoms with E-state index in [1.807, 2.05) is 0 Å². The molecule has 3 nitrogen and oxygen atoms in total. The van der Waals surface area contributed by atoms with Crippen molar-refractivity contribution in [2.24, 2.45) is 5.92 Å². The molecule has 0 aliphatic carbocycles. The minimum atomic E-state index is 0. The topological polar surface area (TPSA) is 25.4 Å². The van der Waals surface area contributed by atoms with Gasteiger partial charge in [0.25, 0.3) is 0 Å². The summed E-state index contributed by atoms with van der Waals surface area (Å²) >= 11 is 0. The minimum absolute atomic E-state index is 0. The lowest BCUT2D eigenvalue weighted by Crippen LogP contribution is -2.18. The average molecular weight is 321 g/mol. The monoisotopic (exact) mass is 320 g/mol. The normalized spacial score (nSPS) is 14.5. The van der Waals surface area contributed by atoms with E-state index in [9.17, 15) is 0 Å². The van der Waals surface area contributed by atoms with E-state index in [2.05, 4.69) is 54.9 Å². The van der Waals surface area contributed by atoms with Crippen LogP contribution in [0.1, 0.15) is 32.4 Å². The summed E-state index contributed by atoms with van der Waals surface area (Å²) in [5, 5.41) is 1.24. The number of fused-ring (bicyclic) bond motifs is 1. The van der Waals surface area contributed by atoms with E-state index in [4.69, 9.17) is 4.74 Å². The van der Waals surface area contributed by atoms with Crippen molar-refractivity contribution in [1.82, 2.24) is 4.98 Å². The number of aryl methyl sites for hydroxylation is 1. The van der Waals surface area contributed by atoms with E-state index in [1.54, 1.807) is 0 Å². The number of halogens is 1. The Morgan fingerprint density at radius 1 is 1.18 bits per heavy atom. The first kappa shape index (κ1) is 16.9. The first-order valence-electron chi connectivity index (χ1n) is 7.92. The highest BCUT2D eigenvalue weighted by Gasteiger charge is 2.16. The van der Waals surface area contributed by atoms with Gasteiger partial charge in [0.2, 0.25) is 0 Å². The molecule has 0 radical (unpaired) electrons. The molecule has 4 heteroatoms. The maximum atomic E-state index is 5.83. The molecule has 2 heterocycles. The fourth-order valence-electron chi connectivity index (χ4n) is 2.89. The van der Waals surface area contributed by atoms with Gasteiger partial charge in [0.1, 0.15) is 5.75 Å². The Balaban J connectivity index is 0.00000176. The second-order valence-corrected chi connectivity index (χ2v) is 6.36. The minimum Gasteiger partial charge on any atom is -0.493 e. The summed E-state index contributed by atoms with van der Waals surface area (Å²) in [4.78, 5) is 7.17. The van der Waals surface area contributed by atoms with Gasteiger partial charge in [-0.1, -0.05) is 13.8 Å². The second-order valence-electron chi connectivity index (χ2n) is 6.36. The molecular formula is C18H25ClN2O. The van der Waals surface area contributed by atoms with Crippen molar-refractivity contribution in [2.45, 2.75) is 33.6 Å². The highest BCUT2D eigenvalue weighted by molar-refractivity contribution is 5.93. The van der Waals surface area contributed by atoms with Crippen molar-refractivity contribution in [3.05, 3.63) is 30.0 Å². The molecule has 0 spiro atoms. The van der Waals surface area contributed by atoms with Crippen LogP contribution in [0.2, 0.25) is 0 Å². The molecule has 1 saturated heterocycles. The van der Waals surface area contributed by atoms with Crippen LogP contribution >= 0.6 is 12.4 Å². The van der Waals surface area contributed by atoms with Crippen LogP contribution in [0, 0.1) is 12.8 Å². The lowest BCUT2D eigenvalue weighted by Gasteiger charge is -2.20. The molecule has 1 fully saturated rings. The maximum absolute atomic E-state index is 5.83. The number of nitrogens with zero attached hydrogens (tertiary/aromatic N) is 2. The van der Waals surface area contributed by atoms with E-state index in [0.29, 0.717) is 5.92 Å². The molecule has 1 aromatic heterocycles. The Morgan fingerprint density at radius 2 is 1.91 bits per heavy atom. The molecule has 0 unspecified atom stereocenters. The fourth-order valence-corrected chi connectivity index (χ4v) is 2.89. The van der Waals surface area contributed by atoms with E-state index >= 15 is 0 Å². The Kier molecular flexibility index (Phi) is 5.52. The van der Waals surface area contributed by atoms with Crippen LogP contribution in [0.25, 0.3) is 10.9 Å². The fraction of sp³-hybridized carbons (Fsp3) is 0.500. The van der Waals surface area contributed by atoms with Gasteiger partial charge in [0.05, 0.1) is 12.1 Å². The number of anilines is 1. The molecule has 1 aliphatic rings. The van der Waals surface area contributed by atoms with Crippen LogP contribution in [0.5, 0.6) is 5.75 Å². The number of ether oxygens (including phenoxy) is 1. The highest BCUT2D eigenvalue weighted by atomic mass is 35.5. The van der Waals surface area contributed by atoms with Gasteiger partial charge in [0.15, 0.2) is 0 Å². The van der Waals surface area contributed by atoms with Crippen molar-refractivity contribution in [3.63, 3.8) is 0 Å². The molecule has 0 saturated carbocycles. The molecule has 0 N–H and O–H groups in total. The van der Waals surface area contributed by atoms with Crippen molar-refractivity contribution in [1.29, 1.82) is 0 Å². The third-order valence-electron chi connectivity index (χ3n) is 3.92. The van der Waals surface area contributed by atoms with Crippen molar-refractivity contribution < 1.29 is 4.74 Å². The van der Waals surface area contributed by atoms with Crippen LogP contribution in [-0.2, 0) is 0 Å². The van der Waals surface area contributed by atoms with Gasteiger partial charge < -0.3 is 9.64 Å². The zero-order valence-electron chi connectivity index (χ0n) is 13.6. The molecule has 3 rings (SSSR count). The summed E-state index contributed by atoms with van der Waals surface area (Å²) in [5.74, 6) is 1.45. The Bertz CT molecular complexity index is 636. The van der Waals surface area contributed by atoms with Gasteiger partial charge in [-0.3, -0.25) is 4.98 Å². The Morgan fingerprint density at radius 3 is 2.59 bits per heavy atom. The molecule has 0 amide bonds. The predicted octanol–water partition coefficient (Wildman–Crippen LogP) is 4.60. The maximum Gasteiger partial charge on any atom is 0.121 e. The van der Waals surface area contributed by atoms with Gasteiger partial charge in [-0.05, 0) is 43.9 Å². The number of benzene rings is 1. The summed E-state index contributed by atoms with van der Waals surface area (Å²) in [5.41, 5.74) is 3.44. The van der Waals surface area contributed by atoms with Gasteiger partial charge >= 0.3 is 0 Å². The van der Waals surface area contributed by atoms with Gasteiger partial charge in [-0.15, -0.1) is 12.4 Å². The number of hydrogen-bond donors (Lipinski definition) is 0. The molecule has 22 heavy (non-hydrogen) atoms. The SMILES string of the molecule is Cc1cc(N2CCCC2)c2ccc(OCC(C)C)cc2n1.Cl. The molecule has 1 aliphatic heterocycles. The van der Waals surface area contributed by atoms with Crippen LogP contribution in [0.3, 0.4) is 0 Å². The summed E-state index contributed by atoms with van der Waals surface area (Å²) < 4.78 is 5.83. The predicted molar refractivity (Wildman–Crippen MR) is 95.5 cm³/mol. The lowest BCUT2D eigenvalue weighted by atomic mass is 10.1. The molecule has 1 aromatic carbocycles. The highest BCUT2D eigenvalue weighted by Crippen LogP contribution is 2.31. The number of rotatable bonds is 4. The first-order chi connectivity index (χ1) is 10.1. The summed E-state index contributed by atoms with van der Waals surface area (Å²) in [7, 11) is 0. The van der Waals surface area contributed by atoms with Crippen LogP contribution in [0.4, 0.5) is 5.69 Å². The first-order valence-corrected chi connectivity index (χ1v) is 7.92. The largest absolute Gasteiger partial charge is 0.493 e. The average Bonchev–Trinajstić information content (AvgIpc) is 2.97. The zero-order valence-corrected chi connectivity index (χ0v) is 14.4. The van der Waals surface area contributed by atoms with E-state index in [1.165, 1.54) is 23.9 Å². The van der Waals surface area contributed by atoms with Crippen molar-refractivity contribution in [2.75, 3.05) is 24.6 Å². The molecule has 0 atom stereocenters. The van der Waals surface area contributed by atoms with Crippen molar-refractivity contribution in [3.8, 4) is 5.75 Å². The van der Waals surface area contributed by atoms with Gasteiger partial charge in [-0.25, -0.2) is 0 Å². The smallest absolute Gasteiger partial charge is 0.121 e. The summed E-state index contributed by atoms with van der Waals surface area (Å²) in [6.45, 7) is 9.45. The van der Waals surface area contributed by atoms with Crippen LogP contribution in [-0.4, -0.2) is 24.7 Å². The second kappa shape index (κ2) is 7.19. The molecular weight excluding hydrogens is 296 g/mol. The van der Waals surface area contributed by atoms with E-state index in [-0.39, 0.29) is 12.4 Å². The standard InChI is InChI=1S/C18H24N2O.ClH/c1-13(2)12-21-15-6-7-16-17(11-15)19-14(3)10-18(16)20-8-4-5-9-20;/h6-7,10-11,13H,4-5,8-9,12H2,1-3H3;1H. The van der Waals surface area contributed by atoms with Gasteiger partial charge in [-0.2, -0.15) is 0 Å². The third-order valence-corrected chi connectivity index (χ3v) is 3.92. The number of hydrogen-bond acceptors (Lipinski definition) is 3.